The van der Waals surface area contributed by atoms with Gasteiger partial charge >= 0.3 is 0 Å². The van der Waals surface area contributed by atoms with E-state index in [2.05, 4.69) is 5.92 Å². The summed E-state index contributed by atoms with van der Waals surface area (Å²) in [6.07, 6.45) is 7.68. The molecule has 0 aromatic heterocycles. The Morgan fingerprint density at radius 2 is 2.55 bits per heavy atom. The van der Waals surface area contributed by atoms with Gasteiger partial charge in [-0.15, -0.1) is 6.42 Å². The molecule has 0 spiro atoms. The summed E-state index contributed by atoms with van der Waals surface area (Å²) in [6, 6.07) is 0. The van der Waals surface area contributed by atoms with Crippen LogP contribution >= 0.6 is 0 Å². The number of rotatable bonds is 0. The van der Waals surface area contributed by atoms with Gasteiger partial charge in [-0.1, -0.05) is 12.0 Å². The third-order valence-electron chi connectivity index (χ3n) is 1.87. The maximum atomic E-state index is 9.59. The molecule has 0 aliphatic carbocycles. The van der Waals surface area contributed by atoms with Crippen LogP contribution in [0.1, 0.15) is 0 Å². The van der Waals surface area contributed by atoms with Crippen LogP contribution in [0.3, 0.4) is 0 Å². The van der Waals surface area contributed by atoms with Crippen LogP contribution in [0, 0.1) is 12.3 Å². The van der Waals surface area contributed by atoms with Crippen molar-refractivity contribution in [2.75, 3.05) is 6.61 Å². The van der Waals surface area contributed by atoms with Crippen LogP contribution < -0.4 is 0 Å². The first-order valence-corrected chi connectivity index (χ1v) is 3.41. The molecule has 58 valence electrons. The maximum Gasteiger partial charge on any atom is 0.202 e. The summed E-state index contributed by atoms with van der Waals surface area (Å²) in [5.74, 6) is 2.23. The van der Waals surface area contributed by atoms with Crippen LogP contribution in [0.5, 0.6) is 0 Å². The highest BCUT2D eigenvalue weighted by atomic mass is 16.7. The van der Waals surface area contributed by atoms with Crippen molar-refractivity contribution < 1.29 is 14.6 Å². The van der Waals surface area contributed by atoms with E-state index >= 15 is 0 Å². The van der Waals surface area contributed by atoms with E-state index in [4.69, 9.17) is 15.9 Å². The lowest BCUT2D eigenvalue weighted by atomic mass is 10.0. The summed E-state index contributed by atoms with van der Waals surface area (Å²) in [5, 5.41) is 9.59. The topological polar surface area (TPSA) is 38.7 Å². The zero-order chi connectivity index (χ0) is 7.90. The van der Waals surface area contributed by atoms with Gasteiger partial charge in [0.2, 0.25) is 6.29 Å². The van der Waals surface area contributed by atoms with Crippen molar-refractivity contribution in [3.05, 3.63) is 12.2 Å². The van der Waals surface area contributed by atoms with E-state index < -0.39 is 11.9 Å². The first kappa shape index (κ1) is 6.86. The minimum absolute atomic E-state index is 0.0337. The average molecular weight is 152 g/mol. The summed E-state index contributed by atoms with van der Waals surface area (Å²) in [4.78, 5) is 0. The first-order chi connectivity index (χ1) is 5.24. The van der Waals surface area contributed by atoms with E-state index in [0.29, 0.717) is 6.61 Å². The molecule has 3 nitrogen and oxygen atoms in total. The Bertz CT molecular complexity index is 240. The molecule has 2 aliphatic rings. The van der Waals surface area contributed by atoms with Crippen molar-refractivity contribution in [2.45, 2.75) is 18.0 Å². The molecule has 11 heavy (non-hydrogen) atoms. The summed E-state index contributed by atoms with van der Waals surface area (Å²) < 4.78 is 10.3. The van der Waals surface area contributed by atoms with Gasteiger partial charge in [0.15, 0.2) is 5.60 Å². The third kappa shape index (κ3) is 0.881. The molecule has 0 radical (unpaired) electrons. The van der Waals surface area contributed by atoms with E-state index in [-0.39, 0.29) is 6.10 Å². The van der Waals surface area contributed by atoms with Gasteiger partial charge in [-0.3, -0.25) is 0 Å². The van der Waals surface area contributed by atoms with Crippen molar-refractivity contribution in [3.8, 4) is 12.3 Å². The Morgan fingerprint density at radius 1 is 1.73 bits per heavy atom. The molecule has 1 saturated heterocycles. The van der Waals surface area contributed by atoms with E-state index in [0.717, 1.165) is 0 Å². The van der Waals surface area contributed by atoms with E-state index in [9.17, 15) is 5.11 Å². The minimum atomic E-state index is -1.37. The van der Waals surface area contributed by atoms with Crippen molar-refractivity contribution >= 4 is 0 Å². The molecule has 3 atom stereocenters. The van der Waals surface area contributed by atoms with Gasteiger partial charge in [-0.25, -0.2) is 0 Å². The molecule has 0 aromatic carbocycles. The standard InChI is InChI=1S/C8H8O3/c1-2-8(9)4-3-6-5-10-7(8)11-6/h1,3-4,6-7,9H,5H2/t6-,7-,8+/m0/s1. The molecule has 0 aromatic rings. The monoisotopic (exact) mass is 152 g/mol. The molecule has 2 rings (SSSR count). The van der Waals surface area contributed by atoms with Gasteiger partial charge in [-0.05, 0) is 6.08 Å². The van der Waals surface area contributed by atoms with E-state index in [1.54, 1.807) is 12.2 Å². The molecule has 0 unspecified atom stereocenters. The number of hydrogen-bond acceptors (Lipinski definition) is 3. The molecule has 3 heteroatoms. The second kappa shape index (κ2) is 2.08. The van der Waals surface area contributed by atoms with Crippen molar-refractivity contribution in [1.29, 1.82) is 0 Å². The molecule has 0 amide bonds. The Hall–Kier alpha value is -0.820. The van der Waals surface area contributed by atoms with Gasteiger partial charge in [0.05, 0.1) is 6.61 Å². The van der Waals surface area contributed by atoms with Gasteiger partial charge in [0.1, 0.15) is 6.10 Å². The number of hydrogen-bond donors (Lipinski definition) is 1. The fourth-order valence-electron chi connectivity index (χ4n) is 1.20. The lowest BCUT2D eigenvalue weighted by Crippen LogP contribution is -2.42. The highest BCUT2D eigenvalue weighted by Gasteiger charge is 2.43. The molecule has 1 N–H and O–H groups in total. The Morgan fingerprint density at radius 3 is 3.27 bits per heavy atom. The van der Waals surface area contributed by atoms with Gasteiger partial charge in [0.25, 0.3) is 0 Å². The fraction of sp³-hybridized carbons (Fsp3) is 0.500. The Labute approximate surface area is 64.6 Å². The molecule has 1 fully saturated rings. The molecule has 0 saturated carbocycles. The predicted octanol–water partition coefficient (Wildman–Crippen LogP) is -0.338. The van der Waals surface area contributed by atoms with Crippen LogP contribution in [0.4, 0.5) is 0 Å². The SMILES string of the molecule is C#C[C@@]1(O)C=C[C@H]2CO[C@H]1O2. The van der Waals surface area contributed by atoms with E-state index in [1.165, 1.54) is 0 Å². The Balaban J connectivity index is 2.33. The summed E-state index contributed by atoms with van der Waals surface area (Å²) >= 11 is 0. The average Bonchev–Trinajstić information content (AvgIpc) is 2.44. The molecule has 2 aliphatic heterocycles. The number of ether oxygens (including phenoxy) is 2. The van der Waals surface area contributed by atoms with Crippen molar-refractivity contribution in [1.82, 2.24) is 0 Å². The van der Waals surface area contributed by atoms with Crippen molar-refractivity contribution in [3.63, 3.8) is 0 Å². The first-order valence-electron chi connectivity index (χ1n) is 3.41. The number of terminal acetylenes is 1. The van der Waals surface area contributed by atoms with Crippen LogP contribution in [0.15, 0.2) is 12.2 Å². The zero-order valence-corrected chi connectivity index (χ0v) is 5.86. The van der Waals surface area contributed by atoms with Crippen LogP contribution in [-0.4, -0.2) is 29.7 Å². The fourth-order valence-corrected chi connectivity index (χ4v) is 1.20. The summed E-state index contributed by atoms with van der Waals surface area (Å²) in [5.41, 5.74) is -1.37. The van der Waals surface area contributed by atoms with Gasteiger partial charge in [-0.2, -0.15) is 0 Å². The predicted molar refractivity (Wildman–Crippen MR) is 37.5 cm³/mol. The zero-order valence-electron chi connectivity index (χ0n) is 5.86. The second-order valence-corrected chi connectivity index (χ2v) is 2.67. The number of aliphatic hydroxyl groups is 1. The molecule has 2 bridgehead atoms. The normalized spacial score (nSPS) is 47.3. The molecule has 2 heterocycles. The number of fused-ring (bicyclic) bond motifs is 2. The smallest absolute Gasteiger partial charge is 0.202 e. The largest absolute Gasteiger partial charge is 0.370 e. The lowest BCUT2D eigenvalue weighted by molar-refractivity contribution is -0.144. The van der Waals surface area contributed by atoms with Crippen molar-refractivity contribution in [2.24, 2.45) is 0 Å². The Kier molecular flexibility index (Phi) is 1.30. The quantitative estimate of drug-likeness (QED) is 0.381. The molecular formula is C8H8O3. The highest BCUT2D eigenvalue weighted by molar-refractivity contribution is 5.25. The summed E-state index contributed by atoms with van der Waals surface area (Å²) in [7, 11) is 0. The van der Waals surface area contributed by atoms with Gasteiger partial charge < -0.3 is 14.6 Å². The third-order valence-corrected chi connectivity index (χ3v) is 1.87. The molecular weight excluding hydrogens is 144 g/mol. The second-order valence-electron chi connectivity index (χ2n) is 2.67. The van der Waals surface area contributed by atoms with E-state index in [1.807, 2.05) is 0 Å². The lowest BCUT2D eigenvalue weighted by Gasteiger charge is -2.26. The minimum Gasteiger partial charge on any atom is -0.370 e. The van der Waals surface area contributed by atoms with Gasteiger partial charge in [0, 0.05) is 0 Å². The van der Waals surface area contributed by atoms with Crippen LogP contribution in [-0.2, 0) is 9.47 Å². The van der Waals surface area contributed by atoms with Crippen LogP contribution in [0.2, 0.25) is 0 Å². The highest BCUT2D eigenvalue weighted by Crippen LogP contribution is 2.28. The van der Waals surface area contributed by atoms with Crippen LogP contribution in [0.25, 0.3) is 0 Å². The summed E-state index contributed by atoms with van der Waals surface area (Å²) in [6.45, 7) is 0.477. The maximum absolute atomic E-state index is 9.59.